The molecule has 0 spiro atoms. The molecule has 0 saturated carbocycles. The van der Waals surface area contributed by atoms with Crippen LogP contribution in [0, 0.1) is 5.92 Å². The van der Waals surface area contributed by atoms with Gasteiger partial charge in [-0.1, -0.05) is 29.3 Å². The summed E-state index contributed by atoms with van der Waals surface area (Å²) in [6, 6.07) is 5.97. The first-order valence-corrected chi connectivity index (χ1v) is 7.21. The summed E-state index contributed by atoms with van der Waals surface area (Å²) in [5.41, 5.74) is 1.27. The van der Waals surface area contributed by atoms with Crippen LogP contribution in [-0.4, -0.2) is 26.3 Å². The number of halogens is 2. The maximum Gasteiger partial charge on any atom is 0.0595 e. The lowest BCUT2D eigenvalue weighted by Crippen LogP contribution is -2.37. The highest BCUT2D eigenvalue weighted by molar-refractivity contribution is 6.42. The summed E-state index contributed by atoms with van der Waals surface area (Å²) in [7, 11) is 0. The molecule has 2 rings (SSSR count). The Hall–Kier alpha value is -0.280. The zero-order valence-electron chi connectivity index (χ0n) is 10.6. The Balaban J connectivity index is 2.14. The topological polar surface area (TPSA) is 21.3 Å². The molecular formula is C14H19Cl2NO. The Morgan fingerprint density at radius 1 is 1.33 bits per heavy atom. The third-order valence-electron chi connectivity index (χ3n) is 3.52. The number of nitrogens with one attached hydrogen (secondary N) is 1. The van der Waals surface area contributed by atoms with Crippen molar-refractivity contribution in [1.29, 1.82) is 0 Å². The van der Waals surface area contributed by atoms with Crippen LogP contribution in [0.1, 0.15) is 24.8 Å². The van der Waals surface area contributed by atoms with E-state index in [2.05, 4.69) is 11.4 Å². The zero-order chi connectivity index (χ0) is 13.0. The van der Waals surface area contributed by atoms with Gasteiger partial charge in [-0.25, -0.2) is 0 Å². The van der Waals surface area contributed by atoms with Crippen LogP contribution in [0.25, 0.3) is 0 Å². The Bertz CT molecular complexity index is 397. The van der Waals surface area contributed by atoms with E-state index in [0.717, 1.165) is 32.7 Å². The summed E-state index contributed by atoms with van der Waals surface area (Å²) in [4.78, 5) is 0. The summed E-state index contributed by atoms with van der Waals surface area (Å²) in [6.07, 6.45) is 1.12. The number of benzene rings is 1. The van der Waals surface area contributed by atoms with E-state index in [-0.39, 0.29) is 0 Å². The van der Waals surface area contributed by atoms with E-state index in [1.165, 1.54) is 5.56 Å². The van der Waals surface area contributed by atoms with Gasteiger partial charge in [0.05, 0.1) is 16.7 Å². The molecule has 1 heterocycles. The molecule has 1 aromatic rings. The normalized spacial score (nSPS) is 24.2. The van der Waals surface area contributed by atoms with Gasteiger partial charge < -0.3 is 10.1 Å². The minimum atomic E-state index is 0.507. The standard InChI is InChI=1S/C14H19Cl2NO/c1-2-18-9-11-8-17-6-5-12(11)10-3-4-13(15)14(16)7-10/h3-4,7,11-12,17H,2,5-6,8-9H2,1H3/t11-,12+/m1/s1. The second-order valence-corrected chi connectivity index (χ2v) is 5.51. The third-order valence-corrected chi connectivity index (χ3v) is 4.25. The van der Waals surface area contributed by atoms with Gasteiger partial charge >= 0.3 is 0 Å². The van der Waals surface area contributed by atoms with E-state index in [1.807, 2.05) is 19.1 Å². The van der Waals surface area contributed by atoms with Gasteiger partial charge in [0.15, 0.2) is 0 Å². The fourth-order valence-corrected chi connectivity index (χ4v) is 2.86. The molecule has 1 N–H and O–H groups in total. The van der Waals surface area contributed by atoms with Crippen LogP contribution in [-0.2, 0) is 4.74 Å². The Labute approximate surface area is 119 Å². The van der Waals surface area contributed by atoms with Gasteiger partial charge in [0.25, 0.3) is 0 Å². The average molecular weight is 288 g/mol. The van der Waals surface area contributed by atoms with E-state index in [1.54, 1.807) is 0 Å². The molecule has 1 aliphatic rings. The van der Waals surface area contributed by atoms with Crippen molar-refractivity contribution >= 4 is 23.2 Å². The first-order chi connectivity index (χ1) is 8.72. The number of hydrogen-bond acceptors (Lipinski definition) is 2. The van der Waals surface area contributed by atoms with Gasteiger partial charge in [-0.3, -0.25) is 0 Å². The highest BCUT2D eigenvalue weighted by atomic mass is 35.5. The second-order valence-electron chi connectivity index (χ2n) is 4.69. The van der Waals surface area contributed by atoms with Crippen LogP contribution < -0.4 is 5.32 Å². The smallest absolute Gasteiger partial charge is 0.0595 e. The predicted molar refractivity (Wildman–Crippen MR) is 76.7 cm³/mol. The molecule has 1 saturated heterocycles. The van der Waals surface area contributed by atoms with Crippen LogP contribution in [0.15, 0.2) is 18.2 Å². The molecule has 2 nitrogen and oxygen atoms in total. The lowest BCUT2D eigenvalue weighted by molar-refractivity contribution is 0.0902. The van der Waals surface area contributed by atoms with Crippen LogP contribution in [0.4, 0.5) is 0 Å². The van der Waals surface area contributed by atoms with Crippen molar-refractivity contribution in [3.8, 4) is 0 Å². The summed E-state index contributed by atoms with van der Waals surface area (Å²) in [6.45, 7) is 5.65. The number of ether oxygens (including phenoxy) is 1. The second kappa shape index (κ2) is 6.76. The van der Waals surface area contributed by atoms with Crippen LogP contribution >= 0.6 is 23.2 Å². The van der Waals surface area contributed by atoms with E-state index < -0.39 is 0 Å². The number of hydrogen-bond donors (Lipinski definition) is 1. The lowest BCUT2D eigenvalue weighted by atomic mass is 9.81. The summed E-state index contributed by atoms with van der Waals surface area (Å²) in [5, 5.41) is 4.69. The molecule has 1 aromatic carbocycles. The van der Waals surface area contributed by atoms with Gasteiger partial charge in [0.2, 0.25) is 0 Å². The first kappa shape index (κ1) is 14.1. The van der Waals surface area contributed by atoms with Crippen LogP contribution in [0.2, 0.25) is 10.0 Å². The molecule has 0 unspecified atom stereocenters. The predicted octanol–water partition coefficient (Wildman–Crippen LogP) is 3.72. The molecule has 2 atom stereocenters. The highest BCUT2D eigenvalue weighted by Crippen LogP contribution is 2.34. The average Bonchev–Trinajstić information content (AvgIpc) is 2.40. The quantitative estimate of drug-likeness (QED) is 0.911. The minimum absolute atomic E-state index is 0.507. The molecule has 0 bridgehead atoms. The lowest BCUT2D eigenvalue weighted by Gasteiger charge is -2.32. The van der Waals surface area contributed by atoms with Gasteiger partial charge in [0, 0.05) is 19.1 Å². The molecule has 0 amide bonds. The van der Waals surface area contributed by atoms with Crippen LogP contribution in [0.5, 0.6) is 0 Å². The van der Waals surface area contributed by atoms with Gasteiger partial charge in [-0.15, -0.1) is 0 Å². The van der Waals surface area contributed by atoms with E-state index in [9.17, 15) is 0 Å². The van der Waals surface area contributed by atoms with Crippen molar-refractivity contribution in [3.63, 3.8) is 0 Å². The Morgan fingerprint density at radius 2 is 2.17 bits per heavy atom. The van der Waals surface area contributed by atoms with Crippen molar-refractivity contribution in [3.05, 3.63) is 33.8 Å². The van der Waals surface area contributed by atoms with Gasteiger partial charge in [-0.2, -0.15) is 0 Å². The van der Waals surface area contributed by atoms with Crippen LogP contribution in [0.3, 0.4) is 0 Å². The van der Waals surface area contributed by atoms with Gasteiger partial charge in [0.1, 0.15) is 0 Å². The minimum Gasteiger partial charge on any atom is -0.381 e. The van der Waals surface area contributed by atoms with Crippen molar-refractivity contribution in [2.45, 2.75) is 19.3 Å². The summed E-state index contributed by atoms with van der Waals surface area (Å²) >= 11 is 12.1. The molecule has 0 aromatic heterocycles. The van der Waals surface area contributed by atoms with Gasteiger partial charge in [-0.05, 0) is 43.5 Å². The van der Waals surface area contributed by atoms with E-state index in [0.29, 0.717) is 21.9 Å². The maximum absolute atomic E-state index is 6.11. The summed E-state index contributed by atoms with van der Waals surface area (Å²) in [5.74, 6) is 1.02. The van der Waals surface area contributed by atoms with Crippen molar-refractivity contribution in [2.75, 3.05) is 26.3 Å². The molecule has 4 heteroatoms. The van der Waals surface area contributed by atoms with Crippen molar-refractivity contribution in [2.24, 2.45) is 5.92 Å². The maximum atomic E-state index is 6.11. The van der Waals surface area contributed by atoms with Crippen molar-refractivity contribution < 1.29 is 4.74 Å². The Morgan fingerprint density at radius 3 is 2.89 bits per heavy atom. The number of rotatable bonds is 4. The Kier molecular flexibility index (Phi) is 5.31. The molecule has 1 fully saturated rings. The van der Waals surface area contributed by atoms with E-state index >= 15 is 0 Å². The molecule has 100 valence electrons. The molecular weight excluding hydrogens is 269 g/mol. The fourth-order valence-electron chi connectivity index (χ4n) is 2.55. The zero-order valence-corrected chi connectivity index (χ0v) is 12.1. The first-order valence-electron chi connectivity index (χ1n) is 6.45. The molecule has 1 aliphatic heterocycles. The SMILES string of the molecule is CCOC[C@H]1CNCC[C@H]1c1ccc(Cl)c(Cl)c1. The highest BCUT2D eigenvalue weighted by Gasteiger charge is 2.26. The molecule has 0 radical (unpaired) electrons. The molecule has 18 heavy (non-hydrogen) atoms. The largest absolute Gasteiger partial charge is 0.381 e. The molecule has 0 aliphatic carbocycles. The monoisotopic (exact) mass is 287 g/mol. The third kappa shape index (κ3) is 3.39. The van der Waals surface area contributed by atoms with Crippen molar-refractivity contribution in [1.82, 2.24) is 5.32 Å². The summed E-state index contributed by atoms with van der Waals surface area (Å²) < 4.78 is 5.58. The number of piperidine rings is 1. The fraction of sp³-hybridized carbons (Fsp3) is 0.571. The van der Waals surface area contributed by atoms with E-state index in [4.69, 9.17) is 27.9 Å².